The predicted octanol–water partition coefficient (Wildman–Crippen LogP) is 0.881. The molecule has 2 aromatic rings. The maximum absolute atomic E-state index is 12.4. The van der Waals surface area contributed by atoms with Crippen molar-refractivity contribution in [1.82, 2.24) is 10.3 Å². The Morgan fingerprint density at radius 1 is 1.40 bits per heavy atom. The van der Waals surface area contributed by atoms with Crippen LogP contribution in [0.2, 0.25) is 0 Å². The highest BCUT2D eigenvalue weighted by Gasteiger charge is 2.29. The van der Waals surface area contributed by atoms with Crippen molar-refractivity contribution in [1.29, 1.82) is 5.26 Å². The highest BCUT2D eigenvalue weighted by atomic mass is 32.2. The Balaban J connectivity index is 1.84. The van der Waals surface area contributed by atoms with Crippen LogP contribution in [0.25, 0.3) is 10.4 Å². The molecule has 0 unspecified atom stereocenters. The van der Waals surface area contributed by atoms with E-state index in [2.05, 4.69) is 10.3 Å². The number of nitriles is 1. The number of anilines is 1. The van der Waals surface area contributed by atoms with Gasteiger partial charge in [-0.2, -0.15) is 10.2 Å². The zero-order valence-electron chi connectivity index (χ0n) is 13.0. The Hall–Kier alpha value is -2.32. The van der Waals surface area contributed by atoms with Crippen molar-refractivity contribution in [3.63, 3.8) is 0 Å². The molecule has 8 nitrogen and oxygen atoms in total. The van der Waals surface area contributed by atoms with Crippen molar-refractivity contribution in [2.24, 2.45) is 11.1 Å². The maximum atomic E-state index is 12.4. The first kappa shape index (κ1) is 17.5. The summed E-state index contributed by atoms with van der Waals surface area (Å²) in [6.45, 7) is 1.32. The topological polar surface area (TPSA) is 129 Å². The van der Waals surface area contributed by atoms with Gasteiger partial charge in [-0.05, 0) is 30.7 Å². The third-order valence-corrected chi connectivity index (χ3v) is 5.84. The fourth-order valence-electron chi connectivity index (χ4n) is 2.54. The third kappa shape index (κ3) is 3.69. The van der Waals surface area contributed by atoms with Crippen LogP contribution in [0.4, 0.5) is 5.13 Å². The summed E-state index contributed by atoms with van der Waals surface area (Å²) < 4.78 is 22.6. The minimum atomic E-state index is -3.75. The van der Waals surface area contributed by atoms with Crippen LogP contribution < -0.4 is 15.4 Å². The van der Waals surface area contributed by atoms with Gasteiger partial charge in [-0.3, -0.25) is 4.79 Å². The van der Waals surface area contributed by atoms with Crippen LogP contribution in [-0.4, -0.2) is 32.4 Å². The number of aromatic nitrogens is 1. The summed E-state index contributed by atoms with van der Waals surface area (Å²) in [7, 11) is -3.75. The van der Waals surface area contributed by atoms with Gasteiger partial charge in [0, 0.05) is 12.7 Å². The van der Waals surface area contributed by atoms with E-state index in [1.807, 2.05) is 6.19 Å². The number of nitrogens with zero attached hydrogens (tertiary/aromatic N) is 3. The first-order valence-electron chi connectivity index (χ1n) is 7.43. The maximum Gasteiger partial charge on any atom is 0.246 e. The van der Waals surface area contributed by atoms with Gasteiger partial charge in [0.25, 0.3) is 0 Å². The number of carbonyl (C=O) groups excluding carboxylic acids is 1. The number of thiazole rings is 1. The van der Waals surface area contributed by atoms with Crippen molar-refractivity contribution in [3.05, 3.63) is 30.5 Å². The van der Waals surface area contributed by atoms with Crippen LogP contribution in [0.1, 0.15) is 6.42 Å². The summed E-state index contributed by atoms with van der Waals surface area (Å²) >= 11 is 1.19. The summed E-state index contributed by atoms with van der Waals surface area (Å²) in [5.74, 6) is -0.487. The Labute approximate surface area is 148 Å². The number of primary sulfonamides is 1. The van der Waals surface area contributed by atoms with Gasteiger partial charge in [-0.15, -0.1) is 0 Å². The highest BCUT2D eigenvalue weighted by Crippen LogP contribution is 2.32. The number of nitrogens with one attached hydrogen (secondary N) is 1. The second-order valence-corrected chi connectivity index (χ2v) is 8.11. The SMILES string of the molecule is N#CN(C(=O)[C@H]1CCNC1)c1ncc(-c2ccc(S(N)(=O)=O)cc2)s1. The van der Waals surface area contributed by atoms with Crippen molar-refractivity contribution < 1.29 is 13.2 Å². The van der Waals surface area contributed by atoms with Crippen LogP contribution >= 0.6 is 11.3 Å². The van der Waals surface area contributed by atoms with Crippen molar-refractivity contribution in [2.45, 2.75) is 11.3 Å². The average Bonchev–Trinajstić information content (AvgIpc) is 3.27. The van der Waals surface area contributed by atoms with Gasteiger partial charge in [0.1, 0.15) is 0 Å². The fraction of sp³-hybridized carbons (Fsp3) is 0.267. The molecular formula is C15H15N5O3S2. The summed E-state index contributed by atoms with van der Waals surface area (Å²) in [4.78, 5) is 18.3. The Morgan fingerprint density at radius 3 is 2.68 bits per heavy atom. The van der Waals surface area contributed by atoms with Gasteiger partial charge >= 0.3 is 0 Å². The molecule has 3 N–H and O–H groups in total. The van der Waals surface area contributed by atoms with Crippen molar-refractivity contribution in [2.75, 3.05) is 18.0 Å². The van der Waals surface area contributed by atoms with E-state index < -0.39 is 10.0 Å². The zero-order chi connectivity index (χ0) is 18.0. The van der Waals surface area contributed by atoms with Crippen LogP contribution in [0.15, 0.2) is 35.4 Å². The molecule has 130 valence electrons. The second-order valence-electron chi connectivity index (χ2n) is 5.54. The molecule has 1 amide bonds. The lowest BCUT2D eigenvalue weighted by Gasteiger charge is -2.14. The van der Waals surface area contributed by atoms with E-state index in [-0.39, 0.29) is 16.7 Å². The third-order valence-electron chi connectivity index (χ3n) is 3.88. The average molecular weight is 377 g/mol. The van der Waals surface area contributed by atoms with E-state index in [4.69, 9.17) is 5.14 Å². The number of carbonyl (C=O) groups is 1. The van der Waals surface area contributed by atoms with Crippen LogP contribution in [0.5, 0.6) is 0 Å². The van der Waals surface area contributed by atoms with Gasteiger partial charge in [-0.25, -0.2) is 18.5 Å². The molecule has 2 heterocycles. The van der Waals surface area contributed by atoms with Crippen LogP contribution in [-0.2, 0) is 14.8 Å². The molecule has 0 bridgehead atoms. The minimum absolute atomic E-state index is 0.0172. The van der Waals surface area contributed by atoms with Gasteiger partial charge in [0.05, 0.1) is 15.7 Å². The number of benzene rings is 1. The number of sulfonamides is 1. The molecule has 0 saturated carbocycles. The normalized spacial score (nSPS) is 17.2. The zero-order valence-corrected chi connectivity index (χ0v) is 14.7. The first-order valence-corrected chi connectivity index (χ1v) is 9.80. The van der Waals surface area contributed by atoms with E-state index in [9.17, 15) is 18.5 Å². The van der Waals surface area contributed by atoms with E-state index in [1.165, 1.54) is 23.5 Å². The summed E-state index contributed by atoms with van der Waals surface area (Å²) in [6.07, 6.45) is 4.15. The molecule has 1 aliphatic rings. The lowest BCUT2D eigenvalue weighted by atomic mass is 10.1. The smallest absolute Gasteiger partial charge is 0.246 e. The molecule has 1 aromatic heterocycles. The molecule has 1 aliphatic heterocycles. The second kappa shape index (κ2) is 6.89. The van der Waals surface area contributed by atoms with Gasteiger partial charge in [0.2, 0.25) is 21.1 Å². The molecule has 1 saturated heterocycles. The number of rotatable bonds is 4. The minimum Gasteiger partial charge on any atom is -0.316 e. The molecule has 0 aliphatic carbocycles. The number of hydrogen-bond donors (Lipinski definition) is 2. The molecule has 0 radical (unpaired) electrons. The molecule has 1 fully saturated rings. The van der Waals surface area contributed by atoms with Gasteiger partial charge in [-0.1, -0.05) is 23.5 Å². The summed E-state index contributed by atoms with van der Waals surface area (Å²) in [5.41, 5.74) is 0.726. The largest absolute Gasteiger partial charge is 0.316 e. The highest BCUT2D eigenvalue weighted by molar-refractivity contribution is 7.89. The standard InChI is InChI=1S/C15H15N5O3S2/c16-9-20(14(21)11-5-6-18-7-11)15-19-8-13(24-15)10-1-3-12(4-2-10)25(17,22)23/h1-4,8,11,18H,5-7H2,(H2,17,22,23)/t11-/m0/s1. The first-order chi connectivity index (χ1) is 11.9. The van der Waals surface area contributed by atoms with Crippen LogP contribution in [0.3, 0.4) is 0 Å². The van der Waals surface area contributed by atoms with E-state index in [0.29, 0.717) is 23.0 Å². The summed E-state index contributed by atoms with van der Waals surface area (Å²) in [5, 5.41) is 17.8. The summed E-state index contributed by atoms with van der Waals surface area (Å²) in [6, 6.07) is 6.02. The van der Waals surface area contributed by atoms with Crippen LogP contribution in [0, 0.1) is 17.4 Å². The van der Waals surface area contributed by atoms with Gasteiger partial charge in [0.15, 0.2) is 6.19 Å². The van der Waals surface area contributed by atoms with Crippen molar-refractivity contribution in [3.8, 4) is 16.6 Å². The van der Waals surface area contributed by atoms with Gasteiger partial charge < -0.3 is 5.32 Å². The Kier molecular flexibility index (Phi) is 4.82. The van der Waals surface area contributed by atoms with Crippen molar-refractivity contribution >= 4 is 32.4 Å². The van der Waals surface area contributed by atoms with E-state index >= 15 is 0 Å². The molecule has 0 spiro atoms. The molecule has 1 aromatic carbocycles. The molecular weight excluding hydrogens is 362 g/mol. The predicted molar refractivity (Wildman–Crippen MR) is 93.0 cm³/mol. The molecule has 3 rings (SSSR count). The van der Waals surface area contributed by atoms with E-state index in [1.54, 1.807) is 18.3 Å². The van der Waals surface area contributed by atoms with E-state index in [0.717, 1.165) is 17.0 Å². The quantitative estimate of drug-likeness (QED) is 0.601. The number of amides is 1. The lowest BCUT2D eigenvalue weighted by Crippen LogP contribution is -2.33. The lowest BCUT2D eigenvalue weighted by molar-refractivity contribution is -0.121. The molecule has 25 heavy (non-hydrogen) atoms. The molecule has 1 atom stereocenters. The monoisotopic (exact) mass is 377 g/mol. The number of nitrogens with two attached hydrogens (primary N) is 1. The Bertz CT molecular complexity index is 925. The number of hydrogen-bond acceptors (Lipinski definition) is 7. The Morgan fingerprint density at radius 2 is 2.12 bits per heavy atom. The fourth-order valence-corrected chi connectivity index (χ4v) is 3.94. The molecule has 10 heteroatoms.